The first kappa shape index (κ1) is 16.3. The summed E-state index contributed by atoms with van der Waals surface area (Å²) in [5.74, 6) is -1.64. The van der Waals surface area contributed by atoms with Crippen LogP contribution in [-0.4, -0.2) is 17.0 Å². The first-order valence-electron chi connectivity index (χ1n) is 5.58. The van der Waals surface area contributed by atoms with Gasteiger partial charge in [0.1, 0.15) is 0 Å². The second kappa shape index (κ2) is 6.60. The highest BCUT2D eigenvalue weighted by Crippen LogP contribution is 2.33. The van der Waals surface area contributed by atoms with Crippen molar-refractivity contribution in [1.82, 2.24) is 0 Å². The molecule has 2 N–H and O–H groups in total. The van der Waals surface area contributed by atoms with Crippen molar-refractivity contribution in [2.45, 2.75) is 25.4 Å². The molecule has 1 rings (SSSR count). The fourth-order valence-electron chi connectivity index (χ4n) is 1.41. The highest BCUT2D eigenvalue weighted by molar-refractivity contribution is 6.33. The number of carboxylic acids is 1. The number of carbonyl (C=O) groups excluding carboxylic acids is 1. The predicted octanol–water partition coefficient (Wildman–Crippen LogP) is 3.55. The smallest absolute Gasteiger partial charge is 0.416 e. The molecule has 0 radical (unpaired) electrons. The fraction of sp³-hybridized carbons (Fsp3) is 0.333. The van der Waals surface area contributed by atoms with Crippen molar-refractivity contribution in [2.24, 2.45) is 0 Å². The Hall–Kier alpha value is -1.76. The van der Waals surface area contributed by atoms with Crippen LogP contribution >= 0.6 is 11.6 Å². The van der Waals surface area contributed by atoms with Crippen LogP contribution in [-0.2, 0) is 15.8 Å². The zero-order chi connectivity index (χ0) is 15.3. The van der Waals surface area contributed by atoms with Gasteiger partial charge in [-0.3, -0.25) is 9.59 Å². The normalized spacial score (nSPS) is 11.2. The molecule has 110 valence electrons. The second-order valence-electron chi connectivity index (χ2n) is 3.99. The minimum Gasteiger partial charge on any atom is -0.481 e. The summed E-state index contributed by atoms with van der Waals surface area (Å²) in [6.07, 6.45) is -4.74. The van der Waals surface area contributed by atoms with Gasteiger partial charge < -0.3 is 10.4 Å². The van der Waals surface area contributed by atoms with E-state index in [-0.39, 0.29) is 30.0 Å². The molecule has 1 aromatic carbocycles. The summed E-state index contributed by atoms with van der Waals surface area (Å²) in [4.78, 5) is 21.7. The number of aliphatic carboxylic acids is 1. The van der Waals surface area contributed by atoms with Crippen molar-refractivity contribution in [3.63, 3.8) is 0 Å². The van der Waals surface area contributed by atoms with Crippen LogP contribution in [0.4, 0.5) is 18.9 Å². The number of hydrogen-bond acceptors (Lipinski definition) is 2. The number of alkyl halides is 3. The molecule has 0 aromatic heterocycles. The van der Waals surface area contributed by atoms with E-state index in [9.17, 15) is 22.8 Å². The quantitative estimate of drug-likeness (QED) is 0.874. The molecule has 4 nitrogen and oxygen atoms in total. The summed E-state index contributed by atoms with van der Waals surface area (Å²) in [7, 11) is 0. The van der Waals surface area contributed by atoms with Gasteiger partial charge in [0.15, 0.2) is 0 Å². The number of hydrogen-bond donors (Lipinski definition) is 2. The molecule has 0 heterocycles. The van der Waals surface area contributed by atoms with Gasteiger partial charge in [-0.05, 0) is 24.6 Å². The second-order valence-corrected chi connectivity index (χ2v) is 4.40. The lowest BCUT2D eigenvalue weighted by molar-refractivity contribution is -0.138. The minimum absolute atomic E-state index is 0.0235. The lowest BCUT2D eigenvalue weighted by Crippen LogP contribution is -2.13. The molecule has 0 aliphatic carbocycles. The van der Waals surface area contributed by atoms with Gasteiger partial charge in [0.2, 0.25) is 5.91 Å². The van der Waals surface area contributed by atoms with Crippen molar-refractivity contribution in [2.75, 3.05) is 5.32 Å². The van der Waals surface area contributed by atoms with Gasteiger partial charge in [0.25, 0.3) is 0 Å². The summed E-state index contributed by atoms with van der Waals surface area (Å²) < 4.78 is 37.5. The van der Waals surface area contributed by atoms with E-state index in [1.807, 2.05) is 0 Å². The van der Waals surface area contributed by atoms with Crippen LogP contribution < -0.4 is 5.32 Å². The van der Waals surface area contributed by atoms with Gasteiger partial charge in [-0.1, -0.05) is 11.6 Å². The van der Waals surface area contributed by atoms with Gasteiger partial charge in [-0.15, -0.1) is 0 Å². The number of rotatable bonds is 5. The Kier molecular flexibility index (Phi) is 5.38. The van der Waals surface area contributed by atoms with E-state index in [0.717, 1.165) is 18.2 Å². The molecule has 0 aliphatic rings. The third kappa shape index (κ3) is 5.08. The van der Waals surface area contributed by atoms with Gasteiger partial charge in [-0.2, -0.15) is 13.2 Å². The van der Waals surface area contributed by atoms with Crippen molar-refractivity contribution in [3.05, 3.63) is 28.8 Å². The Bertz CT molecular complexity index is 517. The Morgan fingerprint density at radius 3 is 2.45 bits per heavy atom. The van der Waals surface area contributed by atoms with Crippen LogP contribution in [0.5, 0.6) is 0 Å². The Morgan fingerprint density at radius 2 is 1.90 bits per heavy atom. The molecule has 0 saturated heterocycles. The van der Waals surface area contributed by atoms with Crippen LogP contribution in [0.1, 0.15) is 24.8 Å². The Labute approximate surface area is 117 Å². The predicted molar refractivity (Wildman–Crippen MR) is 66.6 cm³/mol. The average molecular weight is 310 g/mol. The number of benzene rings is 1. The molecule has 0 atom stereocenters. The minimum atomic E-state index is -4.53. The number of amides is 1. The molecular weight excluding hydrogens is 299 g/mol. The maximum atomic E-state index is 12.5. The maximum absolute atomic E-state index is 12.5. The van der Waals surface area contributed by atoms with Gasteiger partial charge in [0.05, 0.1) is 16.3 Å². The number of carboxylic acid groups (broad SMARTS) is 1. The molecule has 0 bridgehead atoms. The number of anilines is 1. The van der Waals surface area contributed by atoms with E-state index in [1.54, 1.807) is 0 Å². The molecule has 0 aliphatic heterocycles. The number of carbonyl (C=O) groups is 2. The standard InChI is InChI=1S/C12H11ClF3NO3/c13-8-5-4-7(12(14,15)16)6-9(8)17-10(18)2-1-3-11(19)20/h4-6H,1-3H2,(H,17,18)(H,19,20). The first-order valence-corrected chi connectivity index (χ1v) is 5.96. The molecule has 0 saturated carbocycles. The lowest BCUT2D eigenvalue weighted by atomic mass is 10.2. The van der Waals surface area contributed by atoms with Gasteiger partial charge >= 0.3 is 12.1 Å². The highest BCUT2D eigenvalue weighted by Gasteiger charge is 2.31. The van der Waals surface area contributed by atoms with Crippen LogP contribution in [0.25, 0.3) is 0 Å². The van der Waals surface area contributed by atoms with E-state index < -0.39 is 23.6 Å². The molecule has 0 unspecified atom stereocenters. The Balaban J connectivity index is 2.71. The van der Waals surface area contributed by atoms with E-state index in [1.165, 1.54) is 0 Å². The van der Waals surface area contributed by atoms with Crippen molar-refractivity contribution < 1.29 is 27.9 Å². The van der Waals surface area contributed by atoms with Crippen LogP contribution in [0.2, 0.25) is 5.02 Å². The zero-order valence-electron chi connectivity index (χ0n) is 10.1. The summed E-state index contributed by atoms with van der Waals surface area (Å²) in [5, 5.41) is 10.6. The third-order valence-corrected chi connectivity index (χ3v) is 2.69. The molecule has 20 heavy (non-hydrogen) atoms. The number of halogens is 4. The molecule has 1 aromatic rings. The average Bonchev–Trinajstić information content (AvgIpc) is 2.30. The third-order valence-electron chi connectivity index (χ3n) is 2.36. The summed E-state index contributed by atoms with van der Waals surface area (Å²) in [6.45, 7) is 0. The SMILES string of the molecule is O=C(O)CCCC(=O)Nc1cc(C(F)(F)F)ccc1Cl. The van der Waals surface area contributed by atoms with Gasteiger partial charge in [0, 0.05) is 12.8 Å². The molecule has 0 spiro atoms. The van der Waals surface area contributed by atoms with E-state index in [4.69, 9.17) is 16.7 Å². The van der Waals surface area contributed by atoms with Gasteiger partial charge in [-0.25, -0.2) is 0 Å². The van der Waals surface area contributed by atoms with Crippen molar-refractivity contribution in [1.29, 1.82) is 0 Å². The highest BCUT2D eigenvalue weighted by atomic mass is 35.5. The first-order chi connectivity index (χ1) is 9.20. The van der Waals surface area contributed by atoms with Crippen LogP contribution in [0.15, 0.2) is 18.2 Å². The largest absolute Gasteiger partial charge is 0.481 e. The van der Waals surface area contributed by atoms with E-state index in [0.29, 0.717) is 0 Å². The topological polar surface area (TPSA) is 66.4 Å². The number of nitrogens with one attached hydrogen (secondary N) is 1. The lowest BCUT2D eigenvalue weighted by Gasteiger charge is -2.11. The zero-order valence-corrected chi connectivity index (χ0v) is 10.9. The van der Waals surface area contributed by atoms with E-state index in [2.05, 4.69) is 5.32 Å². The molecule has 8 heteroatoms. The molecule has 1 amide bonds. The summed E-state index contributed by atoms with van der Waals surface area (Å²) in [6, 6.07) is 2.58. The summed E-state index contributed by atoms with van der Waals surface area (Å²) >= 11 is 5.70. The molecule has 0 fully saturated rings. The van der Waals surface area contributed by atoms with E-state index >= 15 is 0 Å². The fourth-order valence-corrected chi connectivity index (χ4v) is 1.58. The van der Waals surface area contributed by atoms with Crippen molar-refractivity contribution >= 4 is 29.2 Å². The molecular formula is C12H11ClF3NO3. The monoisotopic (exact) mass is 309 g/mol. The maximum Gasteiger partial charge on any atom is 0.416 e. The van der Waals surface area contributed by atoms with Crippen molar-refractivity contribution in [3.8, 4) is 0 Å². The summed E-state index contributed by atoms with van der Waals surface area (Å²) in [5.41, 5.74) is -1.08. The Morgan fingerprint density at radius 1 is 1.25 bits per heavy atom. The van der Waals surface area contributed by atoms with Crippen LogP contribution in [0, 0.1) is 0 Å². The van der Waals surface area contributed by atoms with Crippen LogP contribution in [0.3, 0.4) is 0 Å².